The molecule has 10 aromatic carbocycles. The number of hydrogen-bond acceptors (Lipinski definition) is 1. The van der Waals surface area contributed by atoms with Crippen LogP contribution < -0.4 is 0 Å². The van der Waals surface area contributed by atoms with Gasteiger partial charge < -0.3 is 0 Å². The Bertz CT molecular complexity index is 3220. The first-order valence-corrected chi connectivity index (χ1v) is 19.3. The summed E-state index contributed by atoms with van der Waals surface area (Å²) in [5.74, 6) is 0. The summed E-state index contributed by atoms with van der Waals surface area (Å²) in [5, 5.41) is 8.97. The van der Waals surface area contributed by atoms with Gasteiger partial charge in [0.2, 0.25) is 0 Å². The standard InChI is InChI=1S/C55H35N/c1-3-11-36(12-4-1)41-17-8-18-42(31-41)44-20-10-22-47(33-44)53-35-50(37-13-5-2-6-14-37)51-34-45(27-30-52(51)56-53)43-19-9-21-46(32-43)48-28-25-40-24-23-38-15-7-16-39-26-29-49(48)55(40)54(38)39/h1-35H. The molecule has 1 heteroatoms. The van der Waals surface area contributed by atoms with E-state index in [1.54, 1.807) is 0 Å². The van der Waals surface area contributed by atoms with Gasteiger partial charge in [-0.2, -0.15) is 0 Å². The molecule has 0 amide bonds. The van der Waals surface area contributed by atoms with Crippen LogP contribution >= 0.6 is 0 Å². The van der Waals surface area contributed by atoms with Crippen LogP contribution in [0.3, 0.4) is 0 Å². The monoisotopic (exact) mass is 709 g/mol. The second-order valence-electron chi connectivity index (χ2n) is 14.7. The highest BCUT2D eigenvalue weighted by Gasteiger charge is 2.15. The van der Waals surface area contributed by atoms with Crippen LogP contribution in [0.2, 0.25) is 0 Å². The molecule has 0 aliphatic carbocycles. The van der Waals surface area contributed by atoms with Gasteiger partial charge in [0.15, 0.2) is 0 Å². The van der Waals surface area contributed by atoms with Gasteiger partial charge in [-0.25, -0.2) is 4.98 Å². The summed E-state index contributed by atoms with van der Waals surface area (Å²) in [6.07, 6.45) is 0. The Morgan fingerprint density at radius 2 is 0.750 bits per heavy atom. The van der Waals surface area contributed by atoms with Gasteiger partial charge in [-0.15, -0.1) is 0 Å². The van der Waals surface area contributed by atoms with Crippen LogP contribution in [0.1, 0.15) is 0 Å². The summed E-state index contributed by atoms with van der Waals surface area (Å²) in [4.78, 5) is 5.31. The second kappa shape index (κ2) is 13.2. The second-order valence-corrected chi connectivity index (χ2v) is 14.7. The maximum Gasteiger partial charge on any atom is 0.0716 e. The Labute approximate surface area is 326 Å². The van der Waals surface area contributed by atoms with Crippen molar-refractivity contribution < 1.29 is 0 Å². The van der Waals surface area contributed by atoms with Crippen molar-refractivity contribution in [3.8, 4) is 66.9 Å². The molecule has 0 radical (unpaired) electrons. The first-order valence-electron chi connectivity index (χ1n) is 19.3. The molecule has 0 bridgehead atoms. The Hall–Kier alpha value is -7.35. The van der Waals surface area contributed by atoms with Gasteiger partial charge in [0.25, 0.3) is 0 Å². The smallest absolute Gasteiger partial charge is 0.0716 e. The fourth-order valence-corrected chi connectivity index (χ4v) is 8.63. The van der Waals surface area contributed by atoms with Crippen LogP contribution in [0.5, 0.6) is 0 Å². The van der Waals surface area contributed by atoms with Gasteiger partial charge in [0.05, 0.1) is 11.2 Å². The Kier molecular flexibility index (Phi) is 7.57. The molecule has 1 heterocycles. The highest BCUT2D eigenvalue weighted by atomic mass is 14.7. The third-order valence-electron chi connectivity index (χ3n) is 11.4. The average Bonchev–Trinajstić information content (AvgIpc) is 3.28. The third-order valence-corrected chi connectivity index (χ3v) is 11.4. The van der Waals surface area contributed by atoms with Gasteiger partial charge >= 0.3 is 0 Å². The van der Waals surface area contributed by atoms with Crippen molar-refractivity contribution in [2.24, 2.45) is 0 Å². The van der Waals surface area contributed by atoms with Gasteiger partial charge in [0.1, 0.15) is 0 Å². The molecule has 0 aliphatic heterocycles. The van der Waals surface area contributed by atoms with Crippen molar-refractivity contribution in [1.82, 2.24) is 4.98 Å². The molecule has 1 aromatic heterocycles. The van der Waals surface area contributed by atoms with Gasteiger partial charge in [-0.1, -0.05) is 176 Å². The Morgan fingerprint density at radius 1 is 0.250 bits per heavy atom. The summed E-state index contributed by atoms with van der Waals surface area (Å²) in [7, 11) is 0. The predicted octanol–water partition coefficient (Wildman–Crippen LogP) is 15.1. The molecular formula is C55H35N. The summed E-state index contributed by atoms with van der Waals surface area (Å²) in [6.45, 7) is 0. The highest BCUT2D eigenvalue weighted by Crippen LogP contribution is 2.41. The van der Waals surface area contributed by atoms with Gasteiger partial charge in [-0.3, -0.25) is 0 Å². The van der Waals surface area contributed by atoms with Crippen molar-refractivity contribution in [3.63, 3.8) is 0 Å². The summed E-state index contributed by atoms with van der Waals surface area (Å²) < 4.78 is 0. The van der Waals surface area contributed by atoms with Crippen LogP contribution in [0.4, 0.5) is 0 Å². The molecule has 0 saturated carbocycles. The minimum Gasteiger partial charge on any atom is -0.248 e. The summed E-state index contributed by atoms with van der Waals surface area (Å²) in [5.41, 5.74) is 15.0. The van der Waals surface area contributed by atoms with E-state index in [1.807, 2.05) is 0 Å². The lowest BCUT2D eigenvalue weighted by Gasteiger charge is -2.15. The van der Waals surface area contributed by atoms with E-state index in [1.165, 1.54) is 88.0 Å². The van der Waals surface area contributed by atoms with E-state index in [0.29, 0.717) is 0 Å². The molecule has 0 aliphatic rings. The van der Waals surface area contributed by atoms with E-state index in [-0.39, 0.29) is 0 Å². The average molecular weight is 710 g/mol. The summed E-state index contributed by atoms with van der Waals surface area (Å²) in [6, 6.07) is 77.1. The van der Waals surface area contributed by atoms with Crippen molar-refractivity contribution in [2.45, 2.75) is 0 Å². The molecule has 0 spiro atoms. The van der Waals surface area contributed by atoms with Crippen LogP contribution in [0.25, 0.3) is 110 Å². The zero-order chi connectivity index (χ0) is 37.0. The Morgan fingerprint density at radius 3 is 1.46 bits per heavy atom. The number of nitrogens with zero attached hydrogens (tertiary/aromatic N) is 1. The zero-order valence-electron chi connectivity index (χ0n) is 30.7. The van der Waals surface area contributed by atoms with E-state index < -0.39 is 0 Å². The maximum atomic E-state index is 5.31. The number of benzene rings is 10. The van der Waals surface area contributed by atoms with E-state index in [2.05, 4.69) is 212 Å². The number of rotatable bonds is 6. The molecule has 56 heavy (non-hydrogen) atoms. The first kappa shape index (κ1) is 32.1. The quantitative estimate of drug-likeness (QED) is 0.157. The minimum atomic E-state index is 0.959. The maximum absolute atomic E-state index is 5.31. The first-order chi connectivity index (χ1) is 27.7. The number of pyridine rings is 1. The molecule has 0 atom stereocenters. The van der Waals surface area contributed by atoms with Gasteiger partial charge in [0, 0.05) is 10.9 Å². The Balaban J connectivity index is 1.01. The highest BCUT2D eigenvalue weighted by molar-refractivity contribution is 6.25. The molecule has 0 N–H and O–H groups in total. The van der Waals surface area contributed by atoms with Crippen LogP contribution in [0, 0.1) is 0 Å². The predicted molar refractivity (Wildman–Crippen MR) is 238 cm³/mol. The molecule has 1 nitrogen and oxygen atoms in total. The number of fused-ring (bicyclic) bond motifs is 1. The van der Waals surface area contributed by atoms with E-state index >= 15 is 0 Å². The normalized spacial score (nSPS) is 11.6. The van der Waals surface area contributed by atoms with E-state index in [0.717, 1.165) is 22.2 Å². The van der Waals surface area contributed by atoms with Crippen molar-refractivity contribution in [1.29, 1.82) is 0 Å². The van der Waals surface area contributed by atoms with E-state index in [4.69, 9.17) is 4.98 Å². The molecule has 260 valence electrons. The van der Waals surface area contributed by atoms with E-state index in [9.17, 15) is 0 Å². The SMILES string of the molecule is c1ccc(-c2cccc(-c3cccc(-c4cc(-c5ccccc5)c5cc(-c6cccc(-c7ccc8ccc9cccc%10ccc7c8c9%10)c6)ccc5n4)c3)c2)cc1. The number of hydrogen-bond donors (Lipinski definition) is 0. The molecule has 0 fully saturated rings. The van der Waals surface area contributed by atoms with Crippen molar-refractivity contribution >= 4 is 43.2 Å². The molecule has 0 unspecified atom stereocenters. The lowest BCUT2D eigenvalue weighted by Crippen LogP contribution is -1.92. The molecule has 11 aromatic rings. The fourth-order valence-electron chi connectivity index (χ4n) is 8.63. The molecule has 11 rings (SSSR count). The lowest BCUT2D eigenvalue weighted by atomic mass is 9.89. The van der Waals surface area contributed by atoms with Crippen LogP contribution in [-0.4, -0.2) is 4.98 Å². The fraction of sp³-hybridized carbons (Fsp3) is 0. The largest absolute Gasteiger partial charge is 0.248 e. The molecular weight excluding hydrogens is 675 g/mol. The number of aromatic nitrogens is 1. The van der Waals surface area contributed by atoms with Crippen molar-refractivity contribution in [2.75, 3.05) is 0 Å². The minimum absolute atomic E-state index is 0.959. The van der Waals surface area contributed by atoms with Crippen LogP contribution in [0.15, 0.2) is 212 Å². The lowest BCUT2D eigenvalue weighted by molar-refractivity contribution is 1.40. The van der Waals surface area contributed by atoms with Crippen molar-refractivity contribution in [3.05, 3.63) is 212 Å². The third kappa shape index (κ3) is 5.52. The molecule has 0 saturated heterocycles. The summed E-state index contributed by atoms with van der Waals surface area (Å²) >= 11 is 0. The zero-order valence-corrected chi connectivity index (χ0v) is 30.7. The topological polar surface area (TPSA) is 12.9 Å². The van der Waals surface area contributed by atoms with Gasteiger partial charge in [-0.05, 0) is 124 Å². The van der Waals surface area contributed by atoms with Crippen LogP contribution in [-0.2, 0) is 0 Å².